The number of carbonyl (C=O) groups excluding carboxylic acids is 1. The summed E-state index contributed by atoms with van der Waals surface area (Å²) in [5.41, 5.74) is 1.21. The lowest BCUT2D eigenvalue weighted by Gasteiger charge is -2.17. The van der Waals surface area contributed by atoms with Crippen LogP contribution in [0.3, 0.4) is 0 Å². The van der Waals surface area contributed by atoms with Crippen LogP contribution in [-0.4, -0.2) is 5.91 Å². The molecular formula is C27H47NO. The minimum absolute atomic E-state index is 0.153. The molecular weight excluding hydrogens is 354 g/mol. The van der Waals surface area contributed by atoms with Crippen LogP contribution in [-0.2, 0) is 4.79 Å². The van der Waals surface area contributed by atoms with Gasteiger partial charge in [0, 0.05) is 6.42 Å². The van der Waals surface area contributed by atoms with Crippen molar-refractivity contribution in [3.8, 4) is 0 Å². The van der Waals surface area contributed by atoms with Crippen LogP contribution in [0.1, 0.15) is 135 Å². The van der Waals surface area contributed by atoms with Crippen molar-refractivity contribution in [1.29, 1.82) is 0 Å². The molecule has 1 atom stereocenters. The molecule has 0 fully saturated rings. The first-order valence-electron chi connectivity index (χ1n) is 12.6. The number of amides is 1. The zero-order valence-corrected chi connectivity index (χ0v) is 19.4. The van der Waals surface area contributed by atoms with Crippen LogP contribution in [0.25, 0.3) is 0 Å². The van der Waals surface area contributed by atoms with Crippen molar-refractivity contribution in [3.05, 3.63) is 35.9 Å². The molecule has 1 N–H and O–H groups in total. The first-order valence-corrected chi connectivity index (χ1v) is 12.6. The molecule has 1 aromatic carbocycles. The molecule has 2 heteroatoms. The fraction of sp³-hybridized carbons (Fsp3) is 0.741. The highest BCUT2D eigenvalue weighted by atomic mass is 16.1. The van der Waals surface area contributed by atoms with Crippen molar-refractivity contribution < 1.29 is 4.79 Å². The van der Waals surface area contributed by atoms with Gasteiger partial charge < -0.3 is 5.32 Å². The Morgan fingerprint density at radius 1 is 0.690 bits per heavy atom. The molecule has 0 radical (unpaired) electrons. The van der Waals surface area contributed by atoms with Gasteiger partial charge in [0.1, 0.15) is 0 Å². The Morgan fingerprint density at radius 2 is 1.14 bits per heavy atom. The Morgan fingerprint density at radius 3 is 1.59 bits per heavy atom. The lowest BCUT2D eigenvalue weighted by Crippen LogP contribution is -2.27. The van der Waals surface area contributed by atoms with Gasteiger partial charge in [-0.15, -0.1) is 0 Å². The van der Waals surface area contributed by atoms with Gasteiger partial charge in [-0.1, -0.05) is 134 Å². The van der Waals surface area contributed by atoms with Crippen molar-refractivity contribution in [2.45, 2.75) is 129 Å². The minimum Gasteiger partial charge on any atom is -0.349 e. The number of hydrogen-bond acceptors (Lipinski definition) is 1. The van der Waals surface area contributed by atoms with Crippen molar-refractivity contribution in [3.63, 3.8) is 0 Å². The smallest absolute Gasteiger partial charge is 0.220 e. The Labute approximate surface area is 181 Å². The van der Waals surface area contributed by atoms with Gasteiger partial charge in [-0.25, -0.2) is 0 Å². The van der Waals surface area contributed by atoms with Crippen LogP contribution in [0, 0.1) is 0 Å². The van der Waals surface area contributed by atoms with Gasteiger partial charge in [-0.05, 0) is 18.4 Å². The predicted octanol–water partition coefficient (Wildman–Crippen LogP) is 8.52. The van der Waals surface area contributed by atoms with Crippen LogP contribution < -0.4 is 5.32 Å². The fourth-order valence-electron chi connectivity index (χ4n) is 4.03. The SMILES string of the molecule is CCCCCCCCCCCCCCCCCC(=O)NC(CC)c1ccccc1. The van der Waals surface area contributed by atoms with Gasteiger partial charge in [-0.2, -0.15) is 0 Å². The van der Waals surface area contributed by atoms with E-state index >= 15 is 0 Å². The van der Waals surface area contributed by atoms with Crippen molar-refractivity contribution in [1.82, 2.24) is 5.32 Å². The molecule has 166 valence electrons. The predicted molar refractivity (Wildman–Crippen MR) is 127 cm³/mol. The number of carbonyl (C=O) groups is 1. The highest BCUT2D eigenvalue weighted by Crippen LogP contribution is 2.17. The summed E-state index contributed by atoms with van der Waals surface area (Å²) < 4.78 is 0. The van der Waals surface area contributed by atoms with E-state index < -0.39 is 0 Å². The molecule has 0 heterocycles. The summed E-state index contributed by atoms with van der Waals surface area (Å²) >= 11 is 0. The molecule has 0 aromatic heterocycles. The summed E-state index contributed by atoms with van der Waals surface area (Å²) in [5, 5.41) is 3.19. The zero-order valence-electron chi connectivity index (χ0n) is 19.4. The van der Waals surface area contributed by atoms with Crippen LogP contribution in [0.4, 0.5) is 0 Å². The highest BCUT2D eigenvalue weighted by Gasteiger charge is 2.11. The van der Waals surface area contributed by atoms with Gasteiger partial charge in [0.05, 0.1) is 6.04 Å². The van der Waals surface area contributed by atoms with Crippen LogP contribution >= 0.6 is 0 Å². The average Bonchev–Trinajstić information content (AvgIpc) is 2.75. The molecule has 0 spiro atoms. The molecule has 29 heavy (non-hydrogen) atoms. The maximum atomic E-state index is 12.2. The largest absolute Gasteiger partial charge is 0.349 e. The highest BCUT2D eigenvalue weighted by molar-refractivity contribution is 5.76. The van der Waals surface area contributed by atoms with E-state index in [0.29, 0.717) is 6.42 Å². The van der Waals surface area contributed by atoms with E-state index in [1.165, 1.54) is 95.5 Å². The minimum atomic E-state index is 0.153. The maximum Gasteiger partial charge on any atom is 0.220 e. The number of rotatable bonds is 19. The lowest BCUT2D eigenvalue weighted by atomic mass is 10.0. The monoisotopic (exact) mass is 401 g/mol. The van der Waals surface area contributed by atoms with E-state index in [9.17, 15) is 4.79 Å². The fourth-order valence-corrected chi connectivity index (χ4v) is 4.03. The summed E-state index contributed by atoms with van der Waals surface area (Å²) in [6.07, 6.45) is 22.0. The van der Waals surface area contributed by atoms with Gasteiger partial charge >= 0.3 is 0 Å². The lowest BCUT2D eigenvalue weighted by molar-refractivity contribution is -0.122. The van der Waals surface area contributed by atoms with Gasteiger partial charge in [0.15, 0.2) is 0 Å². The number of nitrogens with one attached hydrogen (secondary N) is 1. The molecule has 0 aliphatic rings. The summed E-state index contributed by atoms with van der Waals surface area (Å²) in [7, 11) is 0. The standard InChI is InChI=1S/C27H47NO/c1-3-5-6-7-8-9-10-11-12-13-14-15-16-17-21-24-27(29)28-26(4-2)25-22-19-18-20-23-25/h18-20,22-23,26H,3-17,21,24H2,1-2H3,(H,28,29). The van der Waals surface area contributed by atoms with Gasteiger partial charge in [0.2, 0.25) is 5.91 Å². The Kier molecular flexibility index (Phi) is 16.6. The van der Waals surface area contributed by atoms with E-state index in [1.807, 2.05) is 18.2 Å². The van der Waals surface area contributed by atoms with Crippen LogP contribution in [0.2, 0.25) is 0 Å². The molecule has 1 aromatic rings. The summed E-state index contributed by atoms with van der Waals surface area (Å²) in [5.74, 6) is 0.204. The van der Waals surface area contributed by atoms with Crippen molar-refractivity contribution in [2.75, 3.05) is 0 Å². The quantitative estimate of drug-likeness (QED) is 0.231. The van der Waals surface area contributed by atoms with Gasteiger partial charge in [-0.3, -0.25) is 4.79 Å². The summed E-state index contributed by atoms with van der Waals surface area (Å²) in [6.45, 7) is 4.41. The Hall–Kier alpha value is -1.31. The number of hydrogen-bond donors (Lipinski definition) is 1. The third-order valence-corrected chi connectivity index (χ3v) is 5.95. The second kappa shape index (κ2) is 18.7. The Bertz CT molecular complexity index is 485. The van der Waals surface area contributed by atoms with E-state index in [1.54, 1.807) is 0 Å². The molecule has 0 bridgehead atoms. The molecule has 0 aliphatic heterocycles. The van der Waals surface area contributed by atoms with Crippen molar-refractivity contribution in [2.24, 2.45) is 0 Å². The maximum absolute atomic E-state index is 12.2. The van der Waals surface area contributed by atoms with E-state index in [4.69, 9.17) is 0 Å². The Balaban J connectivity index is 1.88. The normalized spacial score (nSPS) is 12.1. The van der Waals surface area contributed by atoms with Crippen molar-refractivity contribution >= 4 is 5.91 Å². The molecule has 0 aliphatic carbocycles. The third kappa shape index (κ3) is 14.3. The van der Waals surface area contributed by atoms with E-state index in [-0.39, 0.29) is 11.9 Å². The second-order valence-corrected chi connectivity index (χ2v) is 8.64. The average molecular weight is 402 g/mol. The molecule has 2 nitrogen and oxygen atoms in total. The van der Waals surface area contributed by atoms with E-state index in [2.05, 4.69) is 31.3 Å². The second-order valence-electron chi connectivity index (χ2n) is 8.64. The zero-order chi connectivity index (χ0) is 21.0. The summed E-state index contributed by atoms with van der Waals surface area (Å²) in [4.78, 5) is 12.2. The molecule has 1 unspecified atom stereocenters. The first-order chi connectivity index (χ1) is 14.3. The first kappa shape index (κ1) is 25.7. The van der Waals surface area contributed by atoms with Crippen LogP contribution in [0.5, 0.6) is 0 Å². The summed E-state index contributed by atoms with van der Waals surface area (Å²) in [6, 6.07) is 10.5. The third-order valence-electron chi connectivity index (χ3n) is 5.95. The molecule has 1 rings (SSSR count). The molecule has 1 amide bonds. The van der Waals surface area contributed by atoms with Crippen LogP contribution in [0.15, 0.2) is 30.3 Å². The number of unbranched alkanes of at least 4 members (excludes halogenated alkanes) is 14. The molecule has 0 saturated heterocycles. The topological polar surface area (TPSA) is 29.1 Å². The number of benzene rings is 1. The van der Waals surface area contributed by atoms with E-state index in [0.717, 1.165) is 12.8 Å². The molecule has 0 saturated carbocycles. The van der Waals surface area contributed by atoms with Gasteiger partial charge in [0.25, 0.3) is 0 Å².